The van der Waals surface area contributed by atoms with Gasteiger partial charge in [-0.1, -0.05) is 6.07 Å². The molecule has 2 aromatic rings. The Hall–Kier alpha value is -1.51. The van der Waals surface area contributed by atoms with Crippen molar-refractivity contribution in [3.63, 3.8) is 0 Å². The van der Waals surface area contributed by atoms with Crippen LogP contribution in [0.5, 0.6) is 0 Å². The Morgan fingerprint density at radius 3 is 2.77 bits per heavy atom. The Morgan fingerprint density at radius 1 is 1.31 bits per heavy atom. The van der Waals surface area contributed by atoms with E-state index in [1.165, 1.54) is 16.5 Å². The van der Waals surface area contributed by atoms with Gasteiger partial charge in [-0.2, -0.15) is 5.10 Å². The molecule has 0 bridgehead atoms. The highest BCUT2D eigenvalue weighted by atomic mass is 15.1. The molecular weight excluding hydrogens is 162 g/mol. The van der Waals surface area contributed by atoms with Crippen molar-refractivity contribution < 1.29 is 0 Å². The molecule has 0 aliphatic carbocycles. The number of rotatable bonds is 1. The molecule has 3 nitrogen and oxygen atoms in total. The second-order valence-corrected chi connectivity index (χ2v) is 3.29. The molecule has 0 amide bonds. The standard InChI is InChI=1S/C10H13N3/c1-6-4-7(2)10-8(5-12-13-10)9(6)11-3/h4-5,11H,1-3H3,(H,12,13). The molecule has 1 heterocycles. The van der Waals surface area contributed by atoms with Crippen molar-refractivity contribution in [2.45, 2.75) is 13.8 Å². The van der Waals surface area contributed by atoms with Crippen molar-refractivity contribution in [1.29, 1.82) is 0 Å². The van der Waals surface area contributed by atoms with Gasteiger partial charge in [0.2, 0.25) is 0 Å². The summed E-state index contributed by atoms with van der Waals surface area (Å²) in [5, 5.41) is 11.4. The van der Waals surface area contributed by atoms with Crippen molar-refractivity contribution in [2.75, 3.05) is 12.4 Å². The first-order valence-corrected chi connectivity index (χ1v) is 4.35. The van der Waals surface area contributed by atoms with Crippen LogP contribution in [0.4, 0.5) is 5.69 Å². The maximum atomic E-state index is 4.05. The zero-order chi connectivity index (χ0) is 9.42. The first-order chi connectivity index (χ1) is 6.24. The Bertz CT molecular complexity index is 443. The molecule has 68 valence electrons. The van der Waals surface area contributed by atoms with E-state index in [9.17, 15) is 0 Å². The van der Waals surface area contributed by atoms with E-state index in [1.54, 1.807) is 0 Å². The number of hydrogen-bond donors (Lipinski definition) is 2. The topological polar surface area (TPSA) is 40.7 Å². The maximum absolute atomic E-state index is 4.05. The number of fused-ring (bicyclic) bond motifs is 1. The van der Waals surface area contributed by atoms with Gasteiger partial charge in [0.05, 0.1) is 11.7 Å². The lowest BCUT2D eigenvalue weighted by atomic mass is 10.1. The number of aromatic amines is 1. The van der Waals surface area contributed by atoms with Gasteiger partial charge >= 0.3 is 0 Å². The highest BCUT2D eigenvalue weighted by Crippen LogP contribution is 2.27. The summed E-state index contributed by atoms with van der Waals surface area (Å²) in [4.78, 5) is 0. The smallest absolute Gasteiger partial charge is 0.0700 e. The number of anilines is 1. The van der Waals surface area contributed by atoms with Crippen molar-refractivity contribution in [3.8, 4) is 0 Å². The number of nitrogens with zero attached hydrogens (tertiary/aromatic N) is 1. The molecule has 3 heteroatoms. The molecular formula is C10H13N3. The first-order valence-electron chi connectivity index (χ1n) is 4.35. The van der Waals surface area contributed by atoms with Gasteiger partial charge in [0, 0.05) is 18.1 Å². The van der Waals surface area contributed by atoms with Gasteiger partial charge in [-0.25, -0.2) is 0 Å². The summed E-state index contributed by atoms with van der Waals surface area (Å²) >= 11 is 0. The molecule has 0 atom stereocenters. The fraction of sp³-hybridized carbons (Fsp3) is 0.300. The van der Waals surface area contributed by atoms with Crippen LogP contribution in [0, 0.1) is 13.8 Å². The molecule has 0 fully saturated rings. The minimum absolute atomic E-state index is 1.12. The number of hydrogen-bond acceptors (Lipinski definition) is 2. The molecule has 0 aliphatic rings. The Balaban J connectivity index is 2.88. The lowest BCUT2D eigenvalue weighted by molar-refractivity contribution is 1.11. The molecule has 2 N–H and O–H groups in total. The maximum Gasteiger partial charge on any atom is 0.0700 e. The van der Waals surface area contributed by atoms with Crippen LogP contribution in [0.25, 0.3) is 10.9 Å². The predicted octanol–water partition coefficient (Wildman–Crippen LogP) is 2.22. The largest absolute Gasteiger partial charge is 0.387 e. The average molecular weight is 175 g/mol. The van der Waals surface area contributed by atoms with Gasteiger partial charge < -0.3 is 5.32 Å². The number of H-pyrrole nitrogens is 1. The summed E-state index contributed by atoms with van der Waals surface area (Å²) in [5.74, 6) is 0. The summed E-state index contributed by atoms with van der Waals surface area (Å²) in [6.45, 7) is 4.19. The molecule has 0 saturated carbocycles. The highest BCUT2D eigenvalue weighted by molar-refractivity contribution is 5.94. The molecule has 1 aromatic carbocycles. The monoisotopic (exact) mass is 175 g/mol. The van der Waals surface area contributed by atoms with Crippen molar-refractivity contribution in [1.82, 2.24) is 10.2 Å². The molecule has 13 heavy (non-hydrogen) atoms. The lowest BCUT2D eigenvalue weighted by Crippen LogP contribution is -1.93. The number of aromatic nitrogens is 2. The molecule has 0 spiro atoms. The van der Waals surface area contributed by atoms with E-state index in [4.69, 9.17) is 0 Å². The van der Waals surface area contributed by atoms with Crippen molar-refractivity contribution >= 4 is 16.6 Å². The van der Waals surface area contributed by atoms with E-state index in [2.05, 4.69) is 35.4 Å². The Morgan fingerprint density at radius 2 is 2.08 bits per heavy atom. The number of aryl methyl sites for hydroxylation is 2. The predicted molar refractivity (Wildman–Crippen MR) is 55.1 cm³/mol. The average Bonchev–Trinajstić information content (AvgIpc) is 2.53. The third-order valence-electron chi connectivity index (χ3n) is 2.38. The van der Waals surface area contributed by atoms with E-state index >= 15 is 0 Å². The second-order valence-electron chi connectivity index (χ2n) is 3.29. The van der Waals surface area contributed by atoms with E-state index in [-0.39, 0.29) is 0 Å². The molecule has 0 saturated heterocycles. The van der Waals surface area contributed by atoms with Gasteiger partial charge in [0.15, 0.2) is 0 Å². The van der Waals surface area contributed by atoms with Gasteiger partial charge in [-0.05, 0) is 25.0 Å². The molecule has 0 unspecified atom stereocenters. The van der Waals surface area contributed by atoms with Crippen molar-refractivity contribution in [3.05, 3.63) is 23.4 Å². The minimum atomic E-state index is 1.12. The van der Waals surface area contributed by atoms with Crippen LogP contribution in [0.15, 0.2) is 12.3 Å². The van der Waals surface area contributed by atoms with Crippen LogP contribution in [0.2, 0.25) is 0 Å². The summed E-state index contributed by atoms with van der Waals surface area (Å²) in [7, 11) is 1.93. The fourth-order valence-corrected chi connectivity index (χ4v) is 1.79. The van der Waals surface area contributed by atoms with Gasteiger partial charge in [0.1, 0.15) is 0 Å². The van der Waals surface area contributed by atoms with Crippen LogP contribution in [0.3, 0.4) is 0 Å². The van der Waals surface area contributed by atoms with Gasteiger partial charge in [0.25, 0.3) is 0 Å². The van der Waals surface area contributed by atoms with Gasteiger partial charge in [-0.15, -0.1) is 0 Å². The summed E-state index contributed by atoms with van der Waals surface area (Å²) in [5.41, 5.74) is 4.78. The van der Waals surface area contributed by atoms with Crippen LogP contribution in [0.1, 0.15) is 11.1 Å². The second kappa shape index (κ2) is 2.76. The van der Waals surface area contributed by atoms with Crippen LogP contribution in [-0.4, -0.2) is 17.2 Å². The summed E-state index contributed by atoms with van der Waals surface area (Å²) in [6.07, 6.45) is 1.86. The van der Waals surface area contributed by atoms with E-state index in [1.807, 2.05) is 13.2 Å². The zero-order valence-corrected chi connectivity index (χ0v) is 8.10. The van der Waals surface area contributed by atoms with Gasteiger partial charge in [-0.3, -0.25) is 5.10 Å². The summed E-state index contributed by atoms with van der Waals surface area (Å²) in [6, 6.07) is 2.16. The van der Waals surface area contributed by atoms with Crippen molar-refractivity contribution in [2.24, 2.45) is 0 Å². The number of benzene rings is 1. The molecule has 0 aliphatic heterocycles. The van der Waals surface area contributed by atoms with E-state index in [0.29, 0.717) is 0 Å². The summed E-state index contributed by atoms with van der Waals surface area (Å²) < 4.78 is 0. The number of nitrogens with one attached hydrogen (secondary N) is 2. The first kappa shape index (κ1) is 8.10. The fourth-order valence-electron chi connectivity index (χ4n) is 1.79. The third kappa shape index (κ3) is 1.08. The van der Waals surface area contributed by atoms with Crippen LogP contribution in [-0.2, 0) is 0 Å². The Kier molecular flexibility index (Phi) is 1.72. The van der Waals surface area contributed by atoms with Crippen LogP contribution < -0.4 is 5.32 Å². The van der Waals surface area contributed by atoms with E-state index < -0.39 is 0 Å². The SMILES string of the molecule is CNc1c(C)cc(C)c2[nH]ncc12. The normalized spacial score (nSPS) is 10.7. The van der Waals surface area contributed by atoms with E-state index in [0.717, 1.165) is 11.2 Å². The molecule has 2 rings (SSSR count). The minimum Gasteiger partial charge on any atom is -0.387 e. The highest BCUT2D eigenvalue weighted by Gasteiger charge is 2.06. The van der Waals surface area contributed by atoms with Crippen LogP contribution >= 0.6 is 0 Å². The lowest BCUT2D eigenvalue weighted by Gasteiger charge is -2.07. The zero-order valence-electron chi connectivity index (χ0n) is 8.10. The molecule has 1 aromatic heterocycles. The Labute approximate surface area is 77.2 Å². The quantitative estimate of drug-likeness (QED) is 0.697. The third-order valence-corrected chi connectivity index (χ3v) is 2.38. The molecule has 0 radical (unpaired) electrons.